The monoisotopic (exact) mass is 298 g/mol. The van der Waals surface area contributed by atoms with Crippen molar-refractivity contribution < 1.29 is 4.79 Å². The lowest BCUT2D eigenvalue weighted by Crippen LogP contribution is -2.13. The molecular weight excluding hydrogens is 284 g/mol. The van der Waals surface area contributed by atoms with Gasteiger partial charge in [0, 0.05) is 15.0 Å². The fourth-order valence-corrected chi connectivity index (χ4v) is 4.85. The van der Waals surface area contributed by atoms with Gasteiger partial charge >= 0.3 is 0 Å². The topological polar surface area (TPSA) is 17.1 Å². The molecule has 0 N–H and O–H groups in total. The van der Waals surface area contributed by atoms with Crippen molar-refractivity contribution in [2.24, 2.45) is 0 Å². The third-order valence-corrected chi connectivity index (χ3v) is 6.21. The molecule has 2 heterocycles. The number of fused-ring (bicyclic) bond motifs is 1. The van der Waals surface area contributed by atoms with Crippen molar-refractivity contribution in [2.45, 2.75) is 25.2 Å². The largest absolute Gasteiger partial charge is 0.288 e. The average molecular weight is 298 g/mol. The summed E-state index contributed by atoms with van der Waals surface area (Å²) in [6, 6.07) is 12.3. The van der Waals surface area contributed by atoms with Gasteiger partial charge in [-0.15, -0.1) is 22.7 Å². The molecule has 0 saturated heterocycles. The summed E-state index contributed by atoms with van der Waals surface area (Å²) in [5.74, 6) is 0.789. The highest BCUT2D eigenvalue weighted by atomic mass is 32.1. The number of hydrogen-bond acceptors (Lipinski definition) is 3. The van der Waals surface area contributed by atoms with Gasteiger partial charge in [0.1, 0.15) is 0 Å². The van der Waals surface area contributed by atoms with Gasteiger partial charge in [-0.3, -0.25) is 4.79 Å². The van der Waals surface area contributed by atoms with Crippen LogP contribution in [0.25, 0.3) is 9.40 Å². The number of carbonyl (C=O) groups excluding carboxylic acids is 1. The van der Waals surface area contributed by atoms with Gasteiger partial charge in [0.2, 0.25) is 5.78 Å². The maximum absolute atomic E-state index is 12.8. The van der Waals surface area contributed by atoms with Crippen LogP contribution in [-0.2, 0) is 0 Å². The molecule has 1 saturated carbocycles. The molecule has 0 amide bonds. The Kier molecular flexibility index (Phi) is 2.97. The summed E-state index contributed by atoms with van der Waals surface area (Å²) >= 11 is 3.32. The van der Waals surface area contributed by atoms with Gasteiger partial charge in [-0.2, -0.15) is 0 Å². The van der Waals surface area contributed by atoms with Gasteiger partial charge in [0.25, 0.3) is 0 Å². The smallest absolute Gasteiger partial charge is 0.203 e. The van der Waals surface area contributed by atoms with Crippen LogP contribution in [0, 0.1) is 0 Å². The third kappa shape index (κ3) is 1.93. The molecule has 3 aromatic rings. The molecule has 1 aliphatic rings. The first-order valence-electron chi connectivity index (χ1n) is 6.93. The number of ketones is 1. The van der Waals surface area contributed by atoms with E-state index in [-0.39, 0.29) is 5.78 Å². The van der Waals surface area contributed by atoms with Crippen LogP contribution in [0.15, 0.2) is 41.8 Å². The van der Waals surface area contributed by atoms with Crippen LogP contribution >= 0.6 is 22.7 Å². The lowest BCUT2D eigenvalue weighted by Gasteiger charge is -2.27. The average Bonchev–Trinajstić information content (AvgIpc) is 2.97. The number of carbonyl (C=O) groups is 1. The van der Waals surface area contributed by atoms with Crippen molar-refractivity contribution in [1.82, 2.24) is 0 Å². The zero-order valence-corrected chi connectivity index (χ0v) is 12.6. The number of thiophene rings is 2. The second-order valence-corrected chi connectivity index (χ2v) is 7.34. The molecule has 1 aromatic carbocycles. The molecule has 4 rings (SSSR count). The minimum absolute atomic E-state index is 0.195. The van der Waals surface area contributed by atoms with E-state index in [2.05, 4.69) is 23.6 Å². The molecule has 0 spiro atoms. The Balaban J connectivity index is 1.76. The fraction of sp³-hybridized carbons (Fsp3) is 0.235. The van der Waals surface area contributed by atoms with Gasteiger partial charge in [-0.05, 0) is 41.8 Å². The van der Waals surface area contributed by atoms with Gasteiger partial charge in [-0.25, -0.2) is 0 Å². The van der Waals surface area contributed by atoms with Crippen LogP contribution in [0.1, 0.15) is 46.0 Å². The molecule has 0 radical (unpaired) electrons. The molecule has 1 nitrogen and oxygen atoms in total. The first-order valence-corrected chi connectivity index (χ1v) is 8.63. The number of rotatable bonds is 3. The Bertz CT molecular complexity index is 748. The third-order valence-electron chi connectivity index (χ3n) is 4.11. The molecule has 0 atom stereocenters. The van der Waals surface area contributed by atoms with Crippen LogP contribution in [0.5, 0.6) is 0 Å². The lowest BCUT2D eigenvalue weighted by atomic mass is 9.77. The Morgan fingerprint density at radius 2 is 1.95 bits per heavy atom. The Morgan fingerprint density at radius 1 is 1.10 bits per heavy atom. The molecule has 0 aliphatic heterocycles. The van der Waals surface area contributed by atoms with Gasteiger partial charge in [0.05, 0.1) is 4.88 Å². The summed E-state index contributed by atoms with van der Waals surface area (Å²) in [5.41, 5.74) is 2.16. The zero-order valence-electron chi connectivity index (χ0n) is 11.0. The van der Waals surface area contributed by atoms with Crippen molar-refractivity contribution in [3.63, 3.8) is 0 Å². The summed E-state index contributed by atoms with van der Waals surface area (Å²) in [6.45, 7) is 0. The van der Waals surface area contributed by atoms with Gasteiger partial charge in [0.15, 0.2) is 0 Å². The van der Waals surface area contributed by atoms with Crippen molar-refractivity contribution in [2.75, 3.05) is 0 Å². The number of hydrogen-bond donors (Lipinski definition) is 0. The predicted molar refractivity (Wildman–Crippen MR) is 86.2 cm³/mol. The Labute approximate surface area is 125 Å². The fourth-order valence-electron chi connectivity index (χ4n) is 2.79. The van der Waals surface area contributed by atoms with Crippen molar-refractivity contribution in [3.8, 4) is 0 Å². The summed E-state index contributed by atoms with van der Waals surface area (Å²) in [6.07, 6.45) is 3.75. The van der Waals surface area contributed by atoms with Gasteiger partial charge < -0.3 is 0 Å². The molecule has 3 heteroatoms. The predicted octanol–water partition coefficient (Wildman–Crippen LogP) is 5.46. The van der Waals surface area contributed by atoms with E-state index in [1.54, 1.807) is 22.7 Å². The Hall–Kier alpha value is -1.45. The molecule has 1 fully saturated rings. The summed E-state index contributed by atoms with van der Waals surface area (Å²) in [4.78, 5) is 13.7. The van der Waals surface area contributed by atoms with E-state index in [1.165, 1.54) is 34.2 Å². The van der Waals surface area contributed by atoms with E-state index in [4.69, 9.17) is 0 Å². The minimum atomic E-state index is 0.195. The standard InChI is InChI=1S/C17H14OS2/c18-17(16-10-15-14(20-16)8-9-19-15)13-7-2-1-6-12(13)11-4-3-5-11/h1-2,6-11H,3-5H2. The van der Waals surface area contributed by atoms with Crippen LogP contribution in [0.2, 0.25) is 0 Å². The first kappa shape index (κ1) is 12.3. The molecule has 0 bridgehead atoms. The minimum Gasteiger partial charge on any atom is -0.288 e. The van der Waals surface area contributed by atoms with E-state index in [0.717, 1.165) is 10.4 Å². The van der Waals surface area contributed by atoms with Crippen LogP contribution in [0.4, 0.5) is 0 Å². The van der Waals surface area contributed by atoms with E-state index in [1.807, 2.05) is 18.2 Å². The van der Waals surface area contributed by atoms with Crippen LogP contribution in [-0.4, -0.2) is 5.78 Å². The molecular formula is C17H14OS2. The lowest BCUT2D eigenvalue weighted by molar-refractivity contribution is 0.104. The summed E-state index contributed by atoms with van der Waals surface area (Å²) in [5, 5.41) is 2.08. The Morgan fingerprint density at radius 3 is 2.70 bits per heavy atom. The van der Waals surface area contributed by atoms with E-state index in [0.29, 0.717) is 5.92 Å². The highest BCUT2D eigenvalue weighted by Crippen LogP contribution is 2.39. The molecule has 2 aromatic heterocycles. The van der Waals surface area contributed by atoms with E-state index < -0.39 is 0 Å². The highest BCUT2D eigenvalue weighted by Gasteiger charge is 2.25. The maximum Gasteiger partial charge on any atom is 0.203 e. The SMILES string of the molecule is O=C(c1cc2sccc2s1)c1ccccc1C1CCC1. The maximum atomic E-state index is 12.8. The normalized spacial score (nSPS) is 15.4. The zero-order chi connectivity index (χ0) is 13.5. The van der Waals surface area contributed by atoms with Crippen LogP contribution in [0.3, 0.4) is 0 Å². The van der Waals surface area contributed by atoms with Crippen molar-refractivity contribution >= 4 is 37.9 Å². The molecule has 20 heavy (non-hydrogen) atoms. The quantitative estimate of drug-likeness (QED) is 0.587. The molecule has 1 aliphatic carbocycles. The van der Waals surface area contributed by atoms with Crippen molar-refractivity contribution in [1.29, 1.82) is 0 Å². The van der Waals surface area contributed by atoms with E-state index >= 15 is 0 Å². The van der Waals surface area contributed by atoms with Crippen LogP contribution < -0.4 is 0 Å². The molecule has 100 valence electrons. The summed E-state index contributed by atoms with van der Waals surface area (Å²) < 4.78 is 2.44. The van der Waals surface area contributed by atoms with E-state index in [9.17, 15) is 4.79 Å². The van der Waals surface area contributed by atoms with Gasteiger partial charge in [-0.1, -0.05) is 30.7 Å². The molecule has 0 unspecified atom stereocenters. The second kappa shape index (κ2) is 4.83. The number of benzene rings is 1. The second-order valence-electron chi connectivity index (χ2n) is 5.30. The first-order chi connectivity index (χ1) is 9.83. The summed E-state index contributed by atoms with van der Waals surface area (Å²) in [7, 11) is 0. The van der Waals surface area contributed by atoms with Crippen molar-refractivity contribution in [3.05, 3.63) is 57.8 Å². The highest BCUT2D eigenvalue weighted by molar-refractivity contribution is 7.28.